The highest BCUT2D eigenvalue weighted by Gasteiger charge is 2.10. The predicted octanol–water partition coefficient (Wildman–Crippen LogP) is 3.74. The van der Waals surface area contributed by atoms with Gasteiger partial charge in [-0.3, -0.25) is 4.79 Å². The van der Waals surface area contributed by atoms with E-state index in [1.54, 1.807) is 10.8 Å². The zero-order chi connectivity index (χ0) is 14.8. The summed E-state index contributed by atoms with van der Waals surface area (Å²) in [6.07, 6.45) is 0. The maximum Gasteiger partial charge on any atom is 0.308 e. The van der Waals surface area contributed by atoms with Gasteiger partial charge in [0.25, 0.3) is 0 Å². The molecule has 112 valence electrons. The fourth-order valence-electron chi connectivity index (χ4n) is 1.42. The molecule has 0 atom stereocenters. The van der Waals surface area contributed by atoms with Crippen LogP contribution < -0.4 is 5.32 Å². The van der Waals surface area contributed by atoms with E-state index in [1.807, 2.05) is 42.8 Å². The Morgan fingerprint density at radius 2 is 2.10 bits per heavy atom. The van der Waals surface area contributed by atoms with Gasteiger partial charge in [0, 0.05) is 22.8 Å². The maximum absolute atomic E-state index is 11.5. The van der Waals surface area contributed by atoms with Gasteiger partial charge in [0.2, 0.25) is 0 Å². The Bertz CT molecular complexity index is 411. The average Bonchev–Trinajstić information content (AvgIpc) is 2.45. The summed E-state index contributed by atoms with van der Waals surface area (Å²) in [7, 11) is 3.56. The van der Waals surface area contributed by atoms with Crippen molar-refractivity contribution < 1.29 is 9.53 Å². The van der Waals surface area contributed by atoms with Crippen LogP contribution in [0.1, 0.15) is 26.3 Å². The van der Waals surface area contributed by atoms with Crippen LogP contribution in [0, 0.1) is 5.92 Å². The monoisotopic (exact) mass is 313 g/mol. The van der Waals surface area contributed by atoms with Crippen molar-refractivity contribution >= 4 is 27.6 Å². The molecule has 3 nitrogen and oxygen atoms in total. The summed E-state index contributed by atoms with van der Waals surface area (Å²) in [5.41, 5.74) is 1.07. The van der Waals surface area contributed by atoms with Gasteiger partial charge in [0.1, 0.15) is 6.61 Å². The fraction of sp³-hybridized carbons (Fsp3) is 0.533. The summed E-state index contributed by atoms with van der Waals surface area (Å²) < 4.78 is 5.30. The van der Waals surface area contributed by atoms with Gasteiger partial charge in [0.05, 0.1) is 5.92 Å². The molecular formula is C15H23NO2S2. The molecule has 1 N–H and O–H groups in total. The van der Waals surface area contributed by atoms with Crippen LogP contribution in [-0.4, -0.2) is 24.8 Å². The lowest BCUT2D eigenvalue weighted by Crippen LogP contribution is -2.15. The molecule has 1 aromatic rings. The predicted molar refractivity (Wildman–Crippen MR) is 87.9 cm³/mol. The van der Waals surface area contributed by atoms with Gasteiger partial charge in [-0.1, -0.05) is 60.6 Å². The Labute approximate surface area is 129 Å². The van der Waals surface area contributed by atoms with Gasteiger partial charge in [-0.05, 0) is 12.6 Å². The minimum atomic E-state index is -0.149. The largest absolute Gasteiger partial charge is 0.461 e. The molecule has 0 spiro atoms. The van der Waals surface area contributed by atoms with Crippen LogP contribution in [0.25, 0.3) is 0 Å². The first-order chi connectivity index (χ1) is 9.65. The number of nitrogens with one attached hydrogen (secondary N) is 1. The van der Waals surface area contributed by atoms with Crippen LogP contribution in [-0.2, 0) is 16.1 Å². The third-order valence-corrected chi connectivity index (χ3v) is 5.03. The summed E-state index contributed by atoms with van der Waals surface area (Å²) in [5, 5.41) is 3.30. The van der Waals surface area contributed by atoms with Crippen molar-refractivity contribution in [2.24, 2.45) is 5.92 Å². The van der Waals surface area contributed by atoms with Crippen molar-refractivity contribution in [3.8, 4) is 0 Å². The molecule has 1 aromatic carbocycles. The lowest BCUT2D eigenvalue weighted by atomic mass is 10.2. The molecule has 0 amide bonds. The fourth-order valence-corrected chi connectivity index (χ4v) is 3.59. The van der Waals surface area contributed by atoms with Crippen molar-refractivity contribution in [2.45, 2.75) is 32.3 Å². The van der Waals surface area contributed by atoms with E-state index in [-0.39, 0.29) is 11.9 Å². The highest BCUT2D eigenvalue weighted by atomic mass is 33.1. The number of carbonyl (C=O) groups is 1. The maximum atomic E-state index is 11.5. The normalized spacial score (nSPS) is 10.8. The van der Waals surface area contributed by atoms with Gasteiger partial charge in [-0.2, -0.15) is 0 Å². The standard InChI is InChI=1S/C15H23NO2S2/c1-4-16-9-10-19-20-14-8-6-5-7-13(14)11-18-15(17)12(2)3/h5-8,12,16H,4,9-11H2,1-3H3. The minimum absolute atomic E-state index is 0.0793. The van der Waals surface area contributed by atoms with Gasteiger partial charge in [0.15, 0.2) is 0 Å². The molecule has 5 heteroatoms. The Morgan fingerprint density at radius 1 is 1.35 bits per heavy atom. The van der Waals surface area contributed by atoms with Crippen molar-refractivity contribution in [3.05, 3.63) is 29.8 Å². The first-order valence-corrected chi connectivity index (χ1v) is 9.21. The molecule has 0 aliphatic rings. The van der Waals surface area contributed by atoms with E-state index in [4.69, 9.17) is 4.74 Å². The molecule has 0 aliphatic heterocycles. The Morgan fingerprint density at radius 3 is 2.80 bits per heavy atom. The first kappa shape index (κ1) is 17.4. The Balaban J connectivity index is 2.44. The number of esters is 1. The van der Waals surface area contributed by atoms with E-state index in [0.717, 1.165) is 24.4 Å². The number of carbonyl (C=O) groups excluding carboxylic acids is 1. The van der Waals surface area contributed by atoms with Crippen molar-refractivity contribution in [1.82, 2.24) is 5.32 Å². The molecule has 0 aliphatic carbocycles. The van der Waals surface area contributed by atoms with Crippen molar-refractivity contribution in [3.63, 3.8) is 0 Å². The Kier molecular flexibility index (Phi) is 8.82. The second-order valence-electron chi connectivity index (χ2n) is 4.63. The van der Waals surface area contributed by atoms with Crippen LogP contribution >= 0.6 is 21.6 Å². The molecule has 0 fully saturated rings. The van der Waals surface area contributed by atoms with E-state index in [2.05, 4.69) is 18.3 Å². The van der Waals surface area contributed by atoms with E-state index >= 15 is 0 Å². The molecule has 0 saturated heterocycles. The lowest BCUT2D eigenvalue weighted by molar-refractivity contribution is -0.148. The lowest BCUT2D eigenvalue weighted by Gasteiger charge is -2.10. The number of hydrogen-bond donors (Lipinski definition) is 1. The molecule has 0 saturated carbocycles. The highest BCUT2D eigenvalue weighted by Crippen LogP contribution is 2.33. The molecule has 0 radical (unpaired) electrons. The zero-order valence-electron chi connectivity index (χ0n) is 12.3. The molecule has 0 bridgehead atoms. The van der Waals surface area contributed by atoms with Crippen LogP contribution in [0.15, 0.2) is 29.2 Å². The van der Waals surface area contributed by atoms with E-state index in [1.165, 1.54) is 4.90 Å². The topological polar surface area (TPSA) is 38.3 Å². The van der Waals surface area contributed by atoms with E-state index in [9.17, 15) is 4.79 Å². The summed E-state index contributed by atoms with van der Waals surface area (Å²) in [6, 6.07) is 8.08. The van der Waals surface area contributed by atoms with Crippen molar-refractivity contribution in [1.29, 1.82) is 0 Å². The number of rotatable bonds is 9. The van der Waals surface area contributed by atoms with Gasteiger partial charge in [-0.15, -0.1) is 0 Å². The molecule has 20 heavy (non-hydrogen) atoms. The highest BCUT2D eigenvalue weighted by molar-refractivity contribution is 8.76. The molecule has 1 rings (SSSR count). The summed E-state index contributed by atoms with van der Waals surface area (Å²) >= 11 is 0. The van der Waals surface area contributed by atoms with Crippen LogP contribution in [0.5, 0.6) is 0 Å². The third-order valence-electron chi connectivity index (χ3n) is 2.57. The summed E-state index contributed by atoms with van der Waals surface area (Å²) in [5.74, 6) is 0.826. The minimum Gasteiger partial charge on any atom is -0.461 e. The quantitative estimate of drug-likeness (QED) is 0.427. The summed E-state index contributed by atoms with van der Waals surface area (Å²) in [4.78, 5) is 12.7. The molecule has 0 heterocycles. The number of ether oxygens (including phenoxy) is 1. The van der Waals surface area contributed by atoms with Gasteiger partial charge in [-0.25, -0.2) is 0 Å². The third kappa shape index (κ3) is 6.68. The zero-order valence-corrected chi connectivity index (χ0v) is 14.0. The van der Waals surface area contributed by atoms with Crippen LogP contribution in [0.2, 0.25) is 0 Å². The molecule has 0 unspecified atom stereocenters. The second-order valence-corrected chi connectivity index (χ2v) is 7.09. The van der Waals surface area contributed by atoms with Crippen LogP contribution in [0.3, 0.4) is 0 Å². The Hall–Kier alpha value is -0.650. The molecule has 0 aromatic heterocycles. The van der Waals surface area contributed by atoms with Gasteiger partial charge < -0.3 is 10.1 Å². The summed E-state index contributed by atoms with van der Waals surface area (Å²) in [6.45, 7) is 8.18. The van der Waals surface area contributed by atoms with Crippen molar-refractivity contribution in [2.75, 3.05) is 18.8 Å². The average molecular weight is 313 g/mol. The molecular weight excluding hydrogens is 290 g/mol. The van der Waals surface area contributed by atoms with Crippen LogP contribution in [0.4, 0.5) is 0 Å². The smallest absolute Gasteiger partial charge is 0.308 e. The first-order valence-electron chi connectivity index (χ1n) is 6.89. The van der Waals surface area contributed by atoms with E-state index < -0.39 is 0 Å². The number of benzene rings is 1. The van der Waals surface area contributed by atoms with E-state index in [0.29, 0.717) is 6.61 Å². The number of hydrogen-bond acceptors (Lipinski definition) is 5. The SMILES string of the molecule is CCNCCSSc1ccccc1COC(=O)C(C)C. The second kappa shape index (κ2) is 10.1. The van der Waals surface area contributed by atoms with Gasteiger partial charge >= 0.3 is 5.97 Å².